The number of aromatic nitrogens is 3. The Morgan fingerprint density at radius 2 is 1.65 bits per heavy atom. The van der Waals surface area contributed by atoms with Gasteiger partial charge < -0.3 is 19.7 Å². The van der Waals surface area contributed by atoms with Gasteiger partial charge in [0.1, 0.15) is 11.5 Å². The molecule has 0 unspecified atom stereocenters. The minimum absolute atomic E-state index is 0.309. The zero-order chi connectivity index (χ0) is 24.1. The molecule has 0 radical (unpaired) electrons. The predicted octanol–water partition coefficient (Wildman–Crippen LogP) is 4.33. The summed E-state index contributed by atoms with van der Waals surface area (Å²) in [6.45, 7) is 0.486. The summed E-state index contributed by atoms with van der Waals surface area (Å²) in [7, 11) is 7.18. The highest BCUT2D eigenvalue weighted by Crippen LogP contribution is 2.23. The Labute approximate surface area is 198 Å². The maximum absolute atomic E-state index is 13.4. The Bertz CT molecular complexity index is 1260. The van der Waals surface area contributed by atoms with Crippen LogP contribution in [0.5, 0.6) is 11.5 Å². The van der Waals surface area contributed by atoms with Crippen molar-refractivity contribution in [2.75, 3.05) is 38.5 Å². The maximum atomic E-state index is 13.4. The van der Waals surface area contributed by atoms with Crippen molar-refractivity contribution in [3.05, 3.63) is 83.9 Å². The molecule has 8 nitrogen and oxygen atoms in total. The number of carbonyl (C=O) groups is 1. The molecule has 1 heterocycles. The first-order chi connectivity index (χ1) is 16.5. The van der Waals surface area contributed by atoms with Crippen LogP contribution in [0.1, 0.15) is 15.9 Å². The van der Waals surface area contributed by atoms with E-state index in [1.165, 1.54) is 4.68 Å². The van der Waals surface area contributed by atoms with Gasteiger partial charge in [0.05, 0.1) is 14.2 Å². The largest absolute Gasteiger partial charge is 0.497 e. The zero-order valence-corrected chi connectivity index (χ0v) is 19.6. The SMILES string of the molecule is COc1ccc(-c2nc(NCc3ccc(N(C)C)cc3)n(C(=O)c3cccc(OC)c3)n2)cc1. The number of hydrogen-bond acceptors (Lipinski definition) is 7. The van der Waals surface area contributed by atoms with E-state index >= 15 is 0 Å². The Kier molecular flexibility index (Phi) is 6.77. The first-order valence-electron chi connectivity index (χ1n) is 10.8. The quantitative estimate of drug-likeness (QED) is 0.422. The summed E-state index contributed by atoms with van der Waals surface area (Å²) in [5, 5.41) is 7.79. The second-order valence-corrected chi connectivity index (χ2v) is 7.85. The van der Waals surface area contributed by atoms with E-state index in [9.17, 15) is 4.79 Å². The Hall–Kier alpha value is -4.33. The van der Waals surface area contributed by atoms with Gasteiger partial charge >= 0.3 is 0 Å². The van der Waals surface area contributed by atoms with Gasteiger partial charge in [0.25, 0.3) is 5.91 Å². The normalized spacial score (nSPS) is 10.6. The second kappa shape index (κ2) is 10.1. The second-order valence-electron chi connectivity index (χ2n) is 7.85. The van der Waals surface area contributed by atoms with Crippen LogP contribution in [0.4, 0.5) is 11.6 Å². The molecule has 3 aromatic carbocycles. The molecular formula is C26H27N5O3. The lowest BCUT2D eigenvalue weighted by atomic mass is 10.2. The van der Waals surface area contributed by atoms with Crippen molar-refractivity contribution in [3.63, 3.8) is 0 Å². The van der Waals surface area contributed by atoms with Crippen LogP contribution >= 0.6 is 0 Å². The van der Waals surface area contributed by atoms with Gasteiger partial charge in [-0.25, -0.2) is 0 Å². The molecule has 0 aliphatic heterocycles. The fourth-order valence-corrected chi connectivity index (χ4v) is 3.40. The summed E-state index contributed by atoms with van der Waals surface area (Å²) in [6, 6.07) is 22.5. The van der Waals surface area contributed by atoms with Crippen molar-refractivity contribution in [3.8, 4) is 22.9 Å². The number of hydrogen-bond donors (Lipinski definition) is 1. The van der Waals surface area contributed by atoms with Gasteiger partial charge in [-0.05, 0) is 60.2 Å². The van der Waals surface area contributed by atoms with Crippen molar-refractivity contribution in [2.24, 2.45) is 0 Å². The lowest BCUT2D eigenvalue weighted by Gasteiger charge is -2.13. The van der Waals surface area contributed by atoms with Gasteiger partial charge in [-0.2, -0.15) is 9.67 Å². The van der Waals surface area contributed by atoms with Crippen molar-refractivity contribution < 1.29 is 14.3 Å². The van der Waals surface area contributed by atoms with Gasteiger partial charge in [-0.1, -0.05) is 18.2 Å². The molecule has 8 heteroatoms. The van der Waals surface area contributed by atoms with E-state index in [1.807, 2.05) is 67.5 Å². The lowest BCUT2D eigenvalue weighted by molar-refractivity contribution is 0.0947. The summed E-state index contributed by atoms with van der Waals surface area (Å²) < 4.78 is 11.8. The van der Waals surface area contributed by atoms with E-state index in [4.69, 9.17) is 9.47 Å². The van der Waals surface area contributed by atoms with Crippen molar-refractivity contribution in [1.82, 2.24) is 14.8 Å². The van der Waals surface area contributed by atoms with Crippen LogP contribution in [0.25, 0.3) is 11.4 Å². The van der Waals surface area contributed by atoms with E-state index in [0.29, 0.717) is 29.6 Å². The molecule has 4 aromatic rings. The van der Waals surface area contributed by atoms with Crippen molar-refractivity contribution in [1.29, 1.82) is 0 Å². The number of anilines is 2. The number of carbonyl (C=O) groups excluding carboxylic acids is 1. The molecule has 0 amide bonds. The smallest absolute Gasteiger partial charge is 0.281 e. The van der Waals surface area contributed by atoms with Crippen molar-refractivity contribution >= 4 is 17.5 Å². The third-order valence-corrected chi connectivity index (χ3v) is 5.37. The molecule has 174 valence electrons. The Balaban J connectivity index is 1.66. The zero-order valence-electron chi connectivity index (χ0n) is 19.6. The van der Waals surface area contributed by atoms with Gasteiger partial charge in [-0.3, -0.25) is 4.79 Å². The highest BCUT2D eigenvalue weighted by Gasteiger charge is 2.19. The van der Waals surface area contributed by atoms with Crippen LogP contribution < -0.4 is 19.7 Å². The Morgan fingerprint density at radius 1 is 0.941 bits per heavy atom. The van der Waals surface area contributed by atoms with Crippen LogP contribution in [0.3, 0.4) is 0 Å². The number of methoxy groups -OCH3 is 2. The van der Waals surface area contributed by atoms with Crippen LogP contribution in [0.2, 0.25) is 0 Å². The fraction of sp³-hybridized carbons (Fsp3) is 0.192. The van der Waals surface area contributed by atoms with E-state index in [-0.39, 0.29) is 5.91 Å². The number of benzene rings is 3. The molecule has 0 saturated heterocycles. The molecule has 1 N–H and O–H groups in total. The van der Waals surface area contributed by atoms with Crippen LogP contribution in [0, 0.1) is 0 Å². The van der Waals surface area contributed by atoms with Gasteiger partial charge in [0.15, 0.2) is 5.82 Å². The summed E-state index contributed by atoms with van der Waals surface area (Å²) in [5.41, 5.74) is 3.39. The van der Waals surface area contributed by atoms with E-state index in [1.54, 1.807) is 38.5 Å². The monoisotopic (exact) mass is 457 g/mol. The first kappa shape index (κ1) is 22.8. The van der Waals surface area contributed by atoms with E-state index in [0.717, 1.165) is 22.6 Å². The summed E-state index contributed by atoms with van der Waals surface area (Å²) in [6.07, 6.45) is 0. The number of nitrogens with zero attached hydrogens (tertiary/aromatic N) is 4. The lowest BCUT2D eigenvalue weighted by Crippen LogP contribution is -2.17. The number of nitrogens with one attached hydrogen (secondary N) is 1. The molecule has 0 atom stereocenters. The molecule has 0 aliphatic rings. The summed E-state index contributed by atoms with van der Waals surface area (Å²) >= 11 is 0. The summed E-state index contributed by atoms with van der Waals surface area (Å²) in [4.78, 5) is 20.0. The standard InChI is InChI=1S/C26H27N5O3/c1-30(2)21-12-8-18(9-13-21)17-27-26-28-24(19-10-14-22(33-3)15-11-19)29-31(26)25(32)20-6-5-7-23(16-20)34-4/h5-16H,17H2,1-4H3,(H,27,28,29). The summed E-state index contributed by atoms with van der Waals surface area (Å²) in [5.74, 6) is 1.81. The van der Waals surface area contributed by atoms with Gasteiger partial charge in [0, 0.05) is 37.5 Å². The highest BCUT2D eigenvalue weighted by atomic mass is 16.5. The minimum Gasteiger partial charge on any atom is -0.497 e. The van der Waals surface area contributed by atoms with Gasteiger partial charge in [0.2, 0.25) is 5.95 Å². The maximum Gasteiger partial charge on any atom is 0.281 e. The van der Waals surface area contributed by atoms with Gasteiger partial charge in [-0.15, -0.1) is 5.10 Å². The molecule has 0 spiro atoms. The highest BCUT2D eigenvalue weighted by molar-refractivity contribution is 5.97. The first-order valence-corrected chi connectivity index (χ1v) is 10.8. The molecule has 4 rings (SSSR count). The molecule has 0 bridgehead atoms. The van der Waals surface area contributed by atoms with Crippen LogP contribution in [0.15, 0.2) is 72.8 Å². The molecule has 0 fully saturated rings. The average molecular weight is 458 g/mol. The van der Waals surface area contributed by atoms with Crippen LogP contribution in [-0.4, -0.2) is 49.0 Å². The minimum atomic E-state index is -0.309. The number of ether oxygens (including phenoxy) is 2. The van der Waals surface area contributed by atoms with E-state index < -0.39 is 0 Å². The topological polar surface area (TPSA) is 81.5 Å². The molecular weight excluding hydrogens is 430 g/mol. The Morgan fingerprint density at radius 3 is 2.29 bits per heavy atom. The molecule has 0 saturated carbocycles. The fourth-order valence-electron chi connectivity index (χ4n) is 3.40. The third kappa shape index (κ3) is 5.01. The average Bonchev–Trinajstić information content (AvgIpc) is 3.31. The number of rotatable bonds is 8. The molecule has 1 aromatic heterocycles. The van der Waals surface area contributed by atoms with Crippen molar-refractivity contribution in [2.45, 2.75) is 6.54 Å². The molecule has 0 aliphatic carbocycles. The predicted molar refractivity (Wildman–Crippen MR) is 133 cm³/mol. The van der Waals surface area contributed by atoms with Crippen LogP contribution in [-0.2, 0) is 6.54 Å². The molecule has 34 heavy (non-hydrogen) atoms. The van der Waals surface area contributed by atoms with E-state index in [2.05, 4.69) is 15.4 Å². The third-order valence-electron chi connectivity index (χ3n) is 5.37.